The van der Waals surface area contributed by atoms with Gasteiger partial charge in [0.15, 0.2) is 0 Å². The second-order valence-electron chi connectivity index (χ2n) is 4.04. The highest BCUT2D eigenvalue weighted by Gasteiger charge is 2.00. The summed E-state index contributed by atoms with van der Waals surface area (Å²) in [4.78, 5) is 6.52. The number of aromatic nitrogens is 1. The lowest BCUT2D eigenvalue weighted by atomic mass is 10.2. The monoisotopic (exact) mass is 220 g/mol. The Morgan fingerprint density at radius 1 is 1.44 bits per heavy atom. The first kappa shape index (κ1) is 12.6. The molecule has 3 N–H and O–H groups in total. The summed E-state index contributed by atoms with van der Waals surface area (Å²) in [7, 11) is 2.09. The molecule has 0 aliphatic carbocycles. The summed E-state index contributed by atoms with van der Waals surface area (Å²) in [6.07, 6.45) is 4.58. The first-order valence-corrected chi connectivity index (χ1v) is 5.60. The van der Waals surface area contributed by atoms with E-state index in [0.29, 0.717) is 6.42 Å². The van der Waals surface area contributed by atoms with Crippen molar-refractivity contribution < 1.29 is 0 Å². The van der Waals surface area contributed by atoms with Crippen LogP contribution in [0.2, 0.25) is 0 Å². The molecule has 0 aliphatic heterocycles. The van der Waals surface area contributed by atoms with Crippen LogP contribution in [0.3, 0.4) is 0 Å². The molecule has 0 spiro atoms. The number of nitrogens with zero attached hydrogens (tertiary/aromatic N) is 2. The second kappa shape index (κ2) is 6.95. The molecule has 0 unspecified atom stereocenters. The van der Waals surface area contributed by atoms with Crippen LogP contribution in [0.1, 0.15) is 25.0 Å². The predicted molar refractivity (Wildman–Crippen MR) is 66.3 cm³/mol. The average molecular weight is 220 g/mol. The Morgan fingerprint density at radius 3 is 2.88 bits per heavy atom. The van der Waals surface area contributed by atoms with Crippen LogP contribution < -0.4 is 5.73 Å². The van der Waals surface area contributed by atoms with Gasteiger partial charge in [0.25, 0.3) is 0 Å². The molecule has 88 valence electrons. The topological polar surface area (TPSA) is 66.0 Å². The van der Waals surface area contributed by atoms with Gasteiger partial charge in [-0.25, -0.2) is 0 Å². The summed E-state index contributed by atoms with van der Waals surface area (Å²) >= 11 is 0. The summed E-state index contributed by atoms with van der Waals surface area (Å²) < 4.78 is 0. The van der Waals surface area contributed by atoms with Crippen LogP contribution in [0.4, 0.5) is 0 Å². The number of nitrogens with two attached hydrogens (primary N) is 1. The third-order valence-electron chi connectivity index (χ3n) is 2.39. The number of amidine groups is 1. The predicted octanol–water partition coefficient (Wildman–Crippen LogP) is 1.62. The molecule has 1 heterocycles. The van der Waals surface area contributed by atoms with Crippen molar-refractivity contribution in [3.63, 3.8) is 0 Å². The molecule has 0 aliphatic rings. The first-order chi connectivity index (χ1) is 7.68. The minimum atomic E-state index is 0.285. The van der Waals surface area contributed by atoms with Crippen molar-refractivity contribution in [1.29, 1.82) is 5.41 Å². The molecule has 0 fully saturated rings. The lowest BCUT2D eigenvalue weighted by Crippen LogP contribution is -2.20. The van der Waals surface area contributed by atoms with Crippen molar-refractivity contribution in [3.8, 4) is 0 Å². The maximum atomic E-state index is 7.11. The van der Waals surface area contributed by atoms with Gasteiger partial charge in [0, 0.05) is 19.2 Å². The lowest BCUT2D eigenvalue weighted by molar-refractivity contribution is 0.316. The van der Waals surface area contributed by atoms with Gasteiger partial charge in [-0.1, -0.05) is 6.07 Å². The third kappa shape index (κ3) is 5.46. The highest BCUT2D eigenvalue weighted by Crippen LogP contribution is 2.02. The normalized spacial score (nSPS) is 10.6. The minimum absolute atomic E-state index is 0.285. The fourth-order valence-corrected chi connectivity index (χ4v) is 1.54. The summed E-state index contributed by atoms with van der Waals surface area (Å²) in [5.41, 5.74) is 6.39. The zero-order valence-corrected chi connectivity index (χ0v) is 9.82. The summed E-state index contributed by atoms with van der Waals surface area (Å²) in [6, 6.07) is 5.97. The quantitative estimate of drug-likeness (QED) is 0.417. The maximum Gasteiger partial charge on any atom is 0.0905 e. The standard InChI is InChI=1S/C12H20N4/c1-16(9-5-3-7-12(13)14)10-11-6-2-4-8-15-11/h2,4,6,8H,3,5,7,9-10H2,1H3,(H3,13,14). The lowest BCUT2D eigenvalue weighted by Gasteiger charge is -2.15. The van der Waals surface area contributed by atoms with E-state index in [9.17, 15) is 0 Å². The molecule has 0 bridgehead atoms. The summed E-state index contributed by atoms with van der Waals surface area (Å²) in [5.74, 6) is 0.285. The Hall–Kier alpha value is -1.42. The van der Waals surface area contributed by atoms with Crippen LogP contribution in [0.25, 0.3) is 0 Å². The number of rotatable bonds is 7. The van der Waals surface area contributed by atoms with E-state index in [1.54, 1.807) is 0 Å². The van der Waals surface area contributed by atoms with Crippen molar-refractivity contribution in [1.82, 2.24) is 9.88 Å². The van der Waals surface area contributed by atoms with E-state index in [2.05, 4.69) is 16.9 Å². The molecule has 0 saturated carbocycles. The number of nitrogens with one attached hydrogen (secondary N) is 1. The molecule has 0 atom stereocenters. The molecule has 0 aromatic carbocycles. The summed E-state index contributed by atoms with van der Waals surface area (Å²) in [5, 5.41) is 7.11. The number of hydrogen-bond donors (Lipinski definition) is 2. The van der Waals surface area contributed by atoms with E-state index in [4.69, 9.17) is 11.1 Å². The Labute approximate surface area is 97.0 Å². The van der Waals surface area contributed by atoms with Crippen LogP contribution in [0.5, 0.6) is 0 Å². The van der Waals surface area contributed by atoms with Crippen LogP contribution in [-0.4, -0.2) is 29.3 Å². The third-order valence-corrected chi connectivity index (χ3v) is 2.39. The van der Waals surface area contributed by atoms with E-state index in [0.717, 1.165) is 31.6 Å². The van der Waals surface area contributed by atoms with E-state index < -0.39 is 0 Å². The van der Waals surface area contributed by atoms with Crippen molar-refractivity contribution in [2.24, 2.45) is 5.73 Å². The van der Waals surface area contributed by atoms with Crippen LogP contribution in [-0.2, 0) is 6.54 Å². The number of pyridine rings is 1. The highest BCUT2D eigenvalue weighted by molar-refractivity contribution is 5.76. The number of hydrogen-bond acceptors (Lipinski definition) is 3. The zero-order chi connectivity index (χ0) is 11.8. The Bertz CT molecular complexity index is 310. The Balaban J connectivity index is 2.16. The van der Waals surface area contributed by atoms with Crippen molar-refractivity contribution >= 4 is 5.84 Å². The largest absolute Gasteiger partial charge is 0.388 e. The first-order valence-electron chi connectivity index (χ1n) is 5.60. The Morgan fingerprint density at radius 2 is 2.25 bits per heavy atom. The van der Waals surface area contributed by atoms with Gasteiger partial charge in [-0.15, -0.1) is 0 Å². The molecule has 1 rings (SSSR count). The van der Waals surface area contributed by atoms with Gasteiger partial charge in [-0.3, -0.25) is 10.4 Å². The SMILES string of the molecule is CN(CCCCC(=N)N)Cc1ccccn1. The van der Waals surface area contributed by atoms with Gasteiger partial charge in [-0.2, -0.15) is 0 Å². The van der Waals surface area contributed by atoms with Gasteiger partial charge >= 0.3 is 0 Å². The maximum absolute atomic E-state index is 7.11. The van der Waals surface area contributed by atoms with Crippen LogP contribution in [0.15, 0.2) is 24.4 Å². The van der Waals surface area contributed by atoms with Gasteiger partial charge in [0.2, 0.25) is 0 Å². The molecule has 1 aromatic heterocycles. The zero-order valence-electron chi connectivity index (χ0n) is 9.82. The Kier molecular flexibility index (Phi) is 5.50. The van der Waals surface area contributed by atoms with Crippen LogP contribution >= 0.6 is 0 Å². The molecular weight excluding hydrogens is 200 g/mol. The van der Waals surface area contributed by atoms with E-state index >= 15 is 0 Å². The fraction of sp³-hybridized carbons (Fsp3) is 0.500. The molecule has 1 aromatic rings. The number of unbranched alkanes of at least 4 members (excludes halogenated alkanes) is 1. The average Bonchev–Trinajstić information content (AvgIpc) is 2.25. The molecule has 16 heavy (non-hydrogen) atoms. The second-order valence-corrected chi connectivity index (χ2v) is 4.04. The smallest absolute Gasteiger partial charge is 0.0905 e. The molecule has 0 saturated heterocycles. The van der Waals surface area contributed by atoms with Crippen molar-refractivity contribution in [3.05, 3.63) is 30.1 Å². The van der Waals surface area contributed by atoms with Gasteiger partial charge in [0.05, 0.1) is 11.5 Å². The van der Waals surface area contributed by atoms with Crippen molar-refractivity contribution in [2.45, 2.75) is 25.8 Å². The molecular formula is C12H20N4. The fourth-order valence-electron chi connectivity index (χ4n) is 1.54. The van der Waals surface area contributed by atoms with E-state index in [1.807, 2.05) is 24.4 Å². The van der Waals surface area contributed by atoms with Gasteiger partial charge in [0.1, 0.15) is 0 Å². The van der Waals surface area contributed by atoms with Gasteiger partial charge < -0.3 is 10.6 Å². The van der Waals surface area contributed by atoms with E-state index in [-0.39, 0.29) is 5.84 Å². The van der Waals surface area contributed by atoms with Crippen LogP contribution in [0, 0.1) is 5.41 Å². The van der Waals surface area contributed by atoms with E-state index in [1.165, 1.54) is 0 Å². The molecule has 4 nitrogen and oxygen atoms in total. The highest BCUT2D eigenvalue weighted by atomic mass is 15.1. The molecule has 0 amide bonds. The molecule has 0 radical (unpaired) electrons. The van der Waals surface area contributed by atoms with Gasteiger partial charge in [-0.05, 0) is 38.6 Å². The minimum Gasteiger partial charge on any atom is -0.388 e. The molecule has 4 heteroatoms. The summed E-state index contributed by atoms with van der Waals surface area (Å²) in [6.45, 7) is 1.89. The van der Waals surface area contributed by atoms with Crippen molar-refractivity contribution in [2.75, 3.05) is 13.6 Å².